The van der Waals surface area contributed by atoms with Gasteiger partial charge in [0.05, 0.1) is 11.4 Å². The van der Waals surface area contributed by atoms with E-state index in [9.17, 15) is 13.2 Å². The summed E-state index contributed by atoms with van der Waals surface area (Å²) in [6.07, 6.45) is 2.06. The van der Waals surface area contributed by atoms with Gasteiger partial charge in [-0.05, 0) is 31.0 Å². The Kier molecular flexibility index (Phi) is 8.42. The lowest BCUT2D eigenvalue weighted by Gasteiger charge is -2.32. The van der Waals surface area contributed by atoms with Crippen LogP contribution in [0.4, 0.5) is 5.69 Å². The van der Waals surface area contributed by atoms with Crippen molar-refractivity contribution in [2.45, 2.75) is 57.5 Å². The SMILES string of the molecule is CCN(CC)S(=O)(=O)c1cccc(NC(=O)CN2CCC(NC(C)C)CC2)c1. The zero-order chi connectivity index (χ0) is 20.7. The number of carbonyl (C=O) groups excluding carboxylic acids is 1. The van der Waals surface area contributed by atoms with Crippen LogP contribution in [0.3, 0.4) is 0 Å². The first-order chi connectivity index (χ1) is 13.3. The molecule has 1 heterocycles. The summed E-state index contributed by atoms with van der Waals surface area (Å²) in [4.78, 5) is 14.8. The normalized spacial score (nSPS) is 16.6. The van der Waals surface area contributed by atoms with Crippen molar-refractivity contribution in [3.05, 3.63) is 24.3 Å². The number of likely N-dealkylation sites (tertiary alicyclic amines) is 1. The van der Waals surface area contributed by atoms with Crippen LogP contribution in [-0.2, 0) is 14.8 Å². The van der Waals surface area contributed by atoms with Crippen molar-refractivity contribution < 1.29 is 13.2 Å². The molecule has 1 aromatic carbocycles. The smallest absolute Gasteiger partial charge is 0.243 e. The van der Waals surface area contributed by atoms with Gasteiger partial charge in [-0.1, -0.05) is 33.8 Å². The van der Waals surface area contributed by atoms with E-state index in [4.69, 9.17) is 0 Å². The highest BCUT2D eigenvalue weighted by Gasteiger charge is 2.23. The third-order valence-corrected chi connectivity index (χ3v) is 7.03. The fourth-order valence-corrected chi connectivity index (χ4v) is 5.08. The first kappa shape index (κ1) is 22.8. The van der Waals surface area contributed by atoms with Crippen molar-refractivity contribution in [2.24, 2.45) is 0 Å². The molecule has 28 heavy (non-hydrogen) atoms. The Balaban J connectivity index is 1.93. The molecule has 0 saturated carbocycles. The summed E-state index contributed by atoms with van der Waals surface area (Å²) in [6.45, 7) is 10.8. The molecular formula is C20H34N4O3S. The number of carbonyl (C=O) groups is 1. The molecule has 8 heteroatoms. The Morgan fingerprint density at radius 2 is 1.86 bits per heavy atom. The van der Waals surface area contributed by atoms with Crippen LogP contribution in [0.1, 0.15) is 40.5 Å². The lowest BCUT2D eigenvalue weighted by molar-refractivity contribution is -0.117. The van der Waals surface area contributed by atoms with Crippen LogP contribution >= 0.6 is 0 Å². The minimum atomic E-state index is -3.54. The first-order valence-electron chi connectivity index (χ1n) is 10.1. The van der Waals surface area contributed by atoms with Crippen molar-refractivity contribution in [3.63, 3.8) is 0 Å². The molecule has 2 N–H and O–H groups in total. The molecule has 158 valence electrons. The molecular weight excluding hydrogens is 376 g/mol. The van der Waals surface area contributed by atoms with E-state index in [1.165, 1.54) is 10.4 Å². The van der Waals surface area contributed by atoms with Gasteiger partial charge in [0.1, 0.15) is 0 Å². The lowest BCUT2D eigenvalue weighted by Crippen LogP contribution is -2.46. The molecule has 1 aliphatic rings. The Hall–Kier alpha value is -1.48. The van der Waals surface area contributed by atoms with Crippen LogP contribution in [0, 0.1) is 0 Å². The molecule has 0 unspecified atom stereocenters. The number of benzene rings is 1. The summed E-state index contributed by atoms with van der Waals surface area (Å²) >= 11 is 0. The van der Waals surface area contributed by atoms with E-state index >= 15 is 0 Å². The molecule has 2 rings (SSSR count). The zero-order valence-corrected chi connectivity index (χ0v) is 18.3. The first-order valence-corrected chi connectivity index (χ1v) is 11.6. The quantitative estimate of drug-likeness (QED) is 0.652. The molecule has 1 saturated heterocycles. The zero-order valence-electron chi connectivity index (χ0n) is 17.4. The maximum Gasteiger partial charge on any atom is 0.243 e. The van der Waals surface area contributed by atoms with Gasteiger partial charge in [-0.15, -0.1) is 0 Å². The van der Waals surface area contributed by atoms with E-state index in [2.05, 4.69) is 29.4 Å². The molecule has 1 amide bonds. The summed E-state index contributed by atoms with van der Waals surface area (Å²) < 4.78 is 26.7. The number of amides is 1. The topological polar surface area (TPSA) is 81.8 Å². The minimum absolute atomic E-state index is 0.118. The van der Waals surface area contributed by atoms with E-state index in [0.717, 1.165) is 25.9 Å². The maximum atomic E-state index is 12.7. The fourth-order valence-electron chi connectivity index (χ4n) is 3.58. The van der Waals surface area contributed by atoms with Crippen molar-refractivity contribution in [1.82, 2.24) is 14.5 Å². The van der Waals surface area contributed by atoms with Crippen LogP contribution in [0.2, 0.25) is 0 Å². The second kappa shape index (κ2) is 10.3. The van der Waals surface area contributed by atoms with Crippen LogP contribution in [0.25, 0.3) is 0 Å². The van der Waals surface area contributed by atoms with Crippen LogP contribution in [-0.4, -0.2) is 68.3 Å². The van der Waals surface area contributed by atoms with Gasteiger partial charge < -0.3 is 10.6 Å². The minimum Gasteiger partial charge on any atom is -0.325 e. The largest absolute Gasteiger partial charge is 0.325 e. The predicted molar refractivity (Wildman–Crippen MR) is 113 cm³/mol. The van der Waals surface area contributed by atoms with Gasteiger partial charge in [-0.25, -0.2) is 8.42 Å². The van der Waals surface area contributed by atoms with Gasteiger partial charge >= 0.3 is 0 Å². The molecule has 0 radical (unpaired) electrons. The Morgan fingerprint density at radius 3 is 2.43 bits per heavy atom. The molecule has 0 atom stereocenters. The molecule has 1 aliphatic heterocycles. The van der Waals surface area contributed by atoms with Gasteiger partial charge in [-0.2, -0.15) is 4.31 Å². The Labute approximate surface area is 169 Å². The second-order valence-corrected chi connectivity index (χ2v) is 9.48. The third-order valence-electron chi connectivity index (χ3n) is 4.98. The van der Waals surface area contributed by atoms with Crippen LogP contribution in [0.15, 0.2) is 29.2 Å². The standard InChI is InChI=1S/C20H34N4O3S/c1-5-24(6-2)28(26,27)19-9-7-8-18(14-19)22-20(25)15-23-12-10-17(11-13-23)21-16(3)4/h7-9,14,16-17,21H,5-6,10-13,15H2,1-4H3,(H,22,25). The average Bonchev–Trinajstić information content (AvgIpc) is 2.64. The van der Waals surface area contributed by atoms with E-state index in [0.29, 0.717) is 37.4 Å². The summed E-state index contributed by atoms with van der Waals surface area (Å²) in [5, 5.41) is 6.39. The number of sulfonamides is 1. The van der Waals surface area contributed by atoms with E-state index in [-0.39, 0.29) is 10.8 Å². The molecule has 7 nitrogen and oxygen atoms in total. The van der Waals surface area contributed by atoms with Crippen LogP contribution in [0.5, 0.6) is 0 Å². The third kappa shape index (κ3) is 6.27. The van der Waals surface area contributed by atoms with Crippen molar-refractivity contribution in [2.75, 3.05) is 38.0 Å². The van der Waals surface area contributed by atoms with E-state index < -0.39 is 10.0 Å². The van der Waals surface area contributed by atoms with E-state index in [1.807, 2.05) is 13.8 Å². The lowest BCUT2D eigenvalue weighted by atomic mass is 10.0. The van der Waals surface area contributed by atoms with Crippen molar-refractivity contribution >= 4 is 21.6 Å². The molecule has 0 bridgehead atoms. The highest BCUT2D eigenvalue weighted by molar-refractivity contribution is 7.89. The highest BCUT2D eigenvalue weighted by Crippen LogP contribution is 2.20. The van der Waals surface area contributed by atoms with Gasteiger partial charge in [0.2, 0.25) is 15.9 Å². The van der Waals surface area contributed by atoms with Crippen LogP contribution < -0.4 is 10.6 Å². The van der Waals surface area contributed by atoms with E-state index in [1.54, 1.807) is 18.2 Å². The fraction of sp³-hybridized carbons (Fsp3) is 0.650. The number of nitrogens with zero attached hydrogens (tertiary/aromatic N) is 2. The predicted octanol–water partition coefficient (Wildman–Crippen LogP) is 2.12. The molecule has 0 aromatic heterocycles. The van der Waals surface area contributed by atoms with Crippen molar-refractivity contribution in [1.29, 1.82) is 0 Å². The number of piperidine rings is 1. The summed E-state index contributed by atoms with van der Waals surface area (Å²) in [7, 11) is -3.54. The number of rotatable bonds is 9. The maximum absolute atomic E-state index is 12.7. The number of anilines is 1. The number of nitrogens with one attached hydrogen (secondary N) is 2. The summed E-state index contributed by atoms with van der Waals surface area (Å²) in [5.74, 6) is -0.118. The summed E-state index contributed by atoms with van der Waals surface area (Å²) in [6, 6.07) is 7.47. The van der Waals surface area contributed by atoms with Gasteiger partial charge in [0, 0.05) is 44.0 Å². The molecule has 0 spiro atoms. The van der Waals surface area contributed by atoms with Crippen molar-refractivity contribution in [3.8, 4) is 0 Å². The Morgan fingerprint density at radius 1 is 1.21 bits per heavy atom. The second-order valence-electron chi connectivity index (χ2n) is 7.54. The highest BCUT2D eigenvalue weighted by atomic mass is 32.2. The molecule has 1 aromatic rings. The molecule has 0 aliphatic carbocycles. The summed E-state index contributed by atoms with van der Waals surface area (Å²) in [5.41, 5.74) is 0.509. The van der Waals surface area contributed by atoms with Gasteiger partial charge in [0.25, 0.3) is 0 Å². The monoisotopic (exact) mass is 410 g/mol. The number of hydrogen-bond acceptors (Lipinski definition) is 5. The average molecular weight is 411 g/mol. The van der Waals surface area contributed by atoms with Gasteiger partial charge in [-0.3, -0.25) is 9.69 Å². The Bertz CT molecular complexity index is 740. The molecule has 1 fully saturated rings. The van der Waals surface area contributed by atoms with Gasteiger partial charge in [0.15, 0.2) is 0 Å². The number of hydrogen-bond donors (Lipinski definition) is 2.